The summed E-state index contributed by atoms with van der Waals surface area (Å²) in [6, 6.07) is 4.00. The summed E-state index contributed by atoms with van der Waals surface area (Å²) < 4.78 is 0.623. The van der Waals surface area contributed by atoms with Crippen molar-refractivity contribution in [2.45, 2.75) is 6.92 Å². The zero-order valence-electron chi connectivity index (χ0n) is 7.07. The minimum Gasteiger partial charge on any atom is -0.346 e. The van der Waals surface area contributed by atoms with Gasteiger partial charge in [0.2, 0.25) is 0 Å². The highest BCUT2D eigenvalue weighted by atomic mass is 32.1. The molecule has 0 aliphatic rings. The van der Waals surface area contributed by atoms with Gasteiger partial charge < -0.3 is 4.98 Å². The van der Waals surface area contributed by atoms with Crippen molar-refractivity contribution in [1.82, 2.24) is 9.97 Å². The monoisotopic (exact) mass is 208 g/mol. The first-order valence-corrected chi connectivity index (χ1v) is 5.15. The topological polar surface area (TPSA) is 28.7 Å². The van der Waals surface area contributed by atoms with Crippen LogP contribution in [0.4, 0.5) is 0 Å². The van der Waals surface area contributed by atoms with E-state index in [9.17, 15) is 0 Å². The minimum absolute atomic E-state index is 0.623. The molecule has 0 atom stereocenters. The lowest BCUT2D eigenvalue weighted by molar-refractivity contribution is 1.16. The average molecular weight is 208 g/mol. The van der Waals surface area contributed by atoms with E-state index in [0.717, 1.165) is 5.69 Å². The lowest BCUT2D eigenvalue weighted by Crippen LogP contribution is -1.82. The van der Waals surface area contributed by atoms with Gasteiger partial charge in [0.05, 0.1) is 12.0 Å². The molecule has 0 saturated carbocycles. The third kappa shape index (κ3) is 1.84. The molecule has 2 nitrogen and oxygen atoms in total. The maximum absolute atomic E-state index is 4.98. The Bertz CT molecular complexity index is 470. The molecule has 2 aromatic rings. The number of hydrogen-bond acceptors (Lipinski definition) is 3. The first-order valence-electron chi connectivity index (χ1n) is 3.86. The van der Waals surface area contributed by atoms with Crippen molar-refractivity contribution in [3.8, 4) is 11.3 Å². The lowest BCUT2D eigenvalue weighted by Gasteiger charge is -1.95. The van der Waals surface area contributed by atoms with Crippen LogP contribution in [-0.4, -0.2) is 9.97 Å². The van der Waals surface area contributed by atoms with Crippen molar-refractivity contribution in [2.75, 3.05) is 0 Å². The van der Waals surface area contributed by atoms with E-state index in [4.69, 9.17) is 12.2 Å². The maximum atomic E-state index is 4.98. The van der Waals surface area contributed by atoms with Gasteiger partial charge in [-0.15, -0.1) is 11.3 Å². The van der Waals surface area contributed by atoms with Gasteiger partial charge >= 0.3 is 0 Å². The average Bonchev–Trinajstić information content (AvgIpc) is 2.52. The Labute approximate surface area is 85.3 Å². The van der Waals surface area contributed by atoms with Gasteiger partial charge in [-0.3, -0.25) is 0 Å². The van der Waals surface area contributed by atoms with Crippen LogP contribution in [0.3, 0.4) is 0 Å². The highest BCUT2D eigenvalue weighted by Gasteiger charge is 1.99. The van der Waals surface area contributed by atoms with Gasteiger partial charge in [0.25, 0.3) is 0 Å². The van der Waals surface area contributed by atoms with E-state index in [1.807, 2.05) is 6.07 Å². The van der Waals surface area contributed by atoms with Gasteiger partial charge in [-0.25, -0.2) is 4.98 Å². The van der Waals surface area contributed by atoms with Crippen molar-refractivity contribution in [3.05, 3.63) is 33.4 Å². The van der Waals surface area contributed by atoms with Crippen LogP contribution in [0.25, 0.3) is 11.3 Å². The quantitative estimate of drug-likeness (QED) is 0.729. The number of thiophene rings is 1. The Morgan fingerprint density at radius 1 is 1.46 bits per heavy atom. The van der Waals surface area contributed by atoms with Crippen molar-refractivity contribution < 1.29 is 0 Å². The summed E-state index contributed by atoms with van der Waals surface area (Å²) in [5, 5.41) is 2.11. The van der Waals surface area contributed by atoms with E-state index in [2.05, 4.69) is 28.3 Å². The number of aromatic nitrogens is 2. The van der Waals surface area contributed by atoms with E-state index in [0.29, 0.717) is 4.64 Å². The molecule has 0 fully saturated rings. The van der Waals surface area contributed by atoms with Gasteiger partial charge in [-0.1, -0.05) is 12.2 Å². The number of rotatable bonds is 1. The standard InChI is InChI=1S/C9H8N2S2/c1-6-2-7(4-13-6)8-3-9(12)11-5-10-8/h2-5H,1H3,(H,10,11,12). The molecular formula is C9H8N2S2. The smallest absolute Gasteiger partial charge is 0.130 e. The molecular weight excluding hydrogens is 200 g/mol. The van der Waals surface area contributed by atoms with E-state index < -0.39 is 0 Å². The second-order valence-corrected chi connectivity index (χ2v) is 4.28. The fraction of sp³-hybridized carbons (Fsp3) is 0.111. The Morgan fingerprint density at radius 2 is 2.31 bits per heavy atom. The second-order valence-electron chi connectivity index (χ2n) is 2.74. The summed E-state index contributed by atoms with van der Waals surface area (Å²) >= 11 is 6.71. The van der Waals surface area contributed by atoms with Crippen LogP contribution in [0, 0.1) is 11.6 Å². The lowest BCUT2D eigenvalue weighted by atomic mass is 10.2. The summed E-state index contributed by atoms with van der Waals surface area (Å²) in [4.78, 5) is 8.30. The zero-order chi connectivity index (χ0) is 9.26. The van der Waals surface area contributed by atoms with Gasteiger partial charge in [-0.2, -0.15) is 0 Å². The van der Waals surface area contributed by atoms with Gasteiger partial charge in [-0.05, 0) is 19.1 Å². The van der Waals surface area contributed by atoms with E-state index >= 15 is 0 Å². The van der Waals surface area contributed by atoms with E-state index in [-0.39, 0.29) is 0 Å². The minimum atomic E-state index is 0.623. The van der Waals surface area contributed by atoms with Gasteiger partial charge in [0, 0.05) is 15.8 Å². The molecule has 1 N–H and O–H groups in total. The van der Waals surface area contributed by atoms with Crippen LogP contribution in [0.2, 0.25) is 0 Å². The molecule has 0 amide bonds. The Hall–Kier alpha value is -1.00. The maximum Gasteiger partial charge on any atom is 0.130 e. The first-order chi connectivity index (χ1) is 6.25. The Kier molecular flexibility index (Phi) is 2.24. The Morgan fingerprint density at radius 3 is 2.92 bits per heavy atom. The molecule has 2 rings (SSSR count). The van der Waals surface area contributed by atoms with Crippen molar-refractivity contribution in [3.63, 3.8) is 0 Å². The molecule has 2 aromatic heterocycles. The number of aromatic amines is 1. The first kappa shape index (κ1) is 8.59. The molecule has 4 heteroatoms. The highest BCUT2D eigenvalue weighted by molar-refractivity contribution is 7.71. The highest BCUT2D eigenvalue weighted by Crippen LogP contribution is 2.22. The number of nitrogens with one attached hydrogen (secondary N) is 1. The Balaban J connectivity index is 2.52. The molecule has 0 unspecified atom stereocenters. The van der Waals surface area contributed by atoms with Crippen LogP contribution in [-0.2, 0) is 0 Å². The fourth-order valence-electron chi connectivity index (χ4n) is 1.12. The predicted octanol–water partition coefficient (Wildman–Crippen LogP) is 3.18. The third-order valence-corrected chi connectivity index (χ3v) is 2.81. The summed E-state index contributed by atoms with van der Waals surface area (Å²) in [5.74, 6) is 0. The van der Waals surface area contributed by atoms with Crippen LogP contribution in [0.1, 0.15) is 4.88 Å². The summed E-state index contributed by atoms with van der Waals surface area (Å²) in [7, 11) is 0. The second kappa shape index (κ2) is 3.40. The molecule has 0 spiro atoms. The number of hydrogen-bond donors (Lipinski definition) is 1. The third-order valence-electron chi connectivity index (χ3n) is 1.72. The number of nitrogens with zero attached hydrogens (tertiary/aromatic N) is 1. The normalized spacial score (nSPS) is 10.2. The molecule has 66 valence electrons. The van der Waals surface area contributed by atoms with Crippen LogP contribution in [0.15, 0.2) is 23.8 Å². The van der Waals surface area contributed by atoms with Crippen LogP contribution >= 0.6 is 23.6 Å². The zero-order valence-corrected chi connectivity index (χ0v) is 8.71. The molecule has 0 aliphatic carbocycles. The van der Waals surface area contributed by atoms with Crippen molar-refractivity contribution >= 4 is 23.6 Å². The predicted molar refractivity (Wildman–Crippen MR) is 57.5 cm³/mol. The summed E-state index contributed by atoms with van der Waals surface area (Å²) in [6.07, 6.45) is 1.63. The molecule has 0 bridgehead atoms. The van der Waals surface area contributed by atoms with E-state index in [1.54, 1.807) is 17.7 Å². The number of aryl methyl sites for hydroxylation is 1. The molecule has 0 aromatic carbocycles. The summed E-state index contributed by atoms with van der Waals surface area (Å²) in [5.41, 5.74) is 2.21. The fourth-order valence-corrected chi connectivity index (χ4v) is 1.99. The molecule has 0 radical (unpaired) electrons. The largest absolute Gasteiger partial charge is 0.346 e. The van der Waals surface area contributed by atoms with Crippen LogP contribution in [0.5, 0.6) is 0 Å². The number of H-pyrrole nitrogens is 1. The van der Waals surface area contributed by atoms with E-state index in [1.165, 1.54) is 10.4 Å². The van der Waals surface area contributed by atoms with Crippen molar-refractivity contribution in [1.29, 1.82) is 0 Å². The molecule has 0 saturated heterocycles. The van der Waals surface area contributed by atoms with Crippen LogP contribution < -0.4 is 0 Å². The van der Waals surface area contributed by atoms with Crippen molar-refractivity contribution in [2.24, 2.45) is 0 Å². The van der Waals surface area contributed by atoms with Gasteiger partial charge in [0.15, 0.2) is 0 Å². The molecule has 0 aliphatic heterocycles. The SMILES string of the molecule is Cc1cc(-c2cc(=S)nc[nH]2)cs1. The molecule has 2 heterocycles. The molecule has 13 heavy (non-hydrogen) atoms. The summed E-state index contributed by atoms with van der Waals surface area (Å²) in [6.45, 7) is 2.09. The van der Waals surface area contributed by atoms with Gasteiger partial charge in [0.1, 0.15) is 4.64 Å².